The van der Waals surface area contributed by atoms with Crippen molar-refractivity contribution in [1.29, 1.82) is 0 Å². The van der Waals surface area contributed by atoms with Crippen molar-refractivity contribution in [3.05, 3.63) is 18.7 Å². The van der Waals surface area contributed by atoms with Crippen LogP contribution in [0.1, 0.15) is 6.42 Å². The molecule has 0 aliphatic carbocycles. The zero-order chi connectivity index (χ0) is 10.8. The second-order valence-electron chi connectivity index (χ2n) is 4.40. The summed E-state index contributed by atoms with van der Waals surface area (Å²) in [5.41, 5.74) is 0. The fourth-order valence-electron chi connectivity index (χ4n) is 2.54. The number of hydrogen-bond acceptors (Lipinski definition) is 5. The maximum Gasteiger partial charge on any atom is 0.156 e. The van der Waals surface area contributed by atoms with Crippen molar-refractivity contribution in [3.63, 3.8) is 0 Å². The fraction of sp³-hybridized carbons (Fsp3) is 0.636. The van der Waals surface area contributed by atoms with Gasteiger partial charge in [-0.05, 0) is 0 Å². The molecule has 1 aromatic heterocycles. The van der Waals surface area contributed by atoms with Gasteiger partial charge in [0.25, 0.3) is 0 Å². The molecule has 5 nitrogen and oxygen atoms in total. The van der Waals surface area contributed by atoms with Gasteiger partial charge >= 0.3 is 0 Å². The molecule has 5 heteroatoms. The summed E-state index contributed by atoms with van der Waals surface area (Å²) in [6.07, 6.45) is 6.36. The van der Waals surface area contributed by atoms with E-state index in [0.29, 0.717) is 6.04 Å². The summed E-state index contributed by atoms with van der Waals surface area (Å²) < 4.78 is 5.87. The standard InChI is InChI=1S/C11H16N4O/c1-2-15-7-10(3-9(15)4-12-1)16-11-5-13-8-14-6-11/h5-6,8-10,12H,1-4,7H2/t9-,10+/m1/s1. The molecular formula is C11H16N4O. The van der Waals surface area contributed by atoms with Crippen LogP contribution in [-0.2, 0) is 0 Å². The second kappa shape index (κ2) is 4.35. The smallest absolute Gasteiger partial charge is 0.156 e. The summed E-state index contributed by atoms with van der Waals surface area (Å²) in [5, 5.41) is 3.42. The second-order valence-corrected chi connectivity index (χ2v) is 4.40. The SMILES string of the molecule is c1ncc(O[C@H]2C[C@@H]3CNCCN3C2)cn1. The molecule has 2 fully saturated rings. The first kappa shape index (κ1) is 9.99. The van der Waals surface area contributed by atoms with E-state index in [-0.39, 0.29) is 6.10 Å². The molecule has 0 unspecified atom stereocenters. The molecule has 2 atom stereocenters. The van der Waals surface area contributed by atoms with Crippen LogP contribution in [0.4, 0.5) is 0 Å². The van der Waals surface area contributed by atoms with Gasteiger partial charge in [-0.2, -0.15) is 0 Å². The minimum absolute atomic E-state index is 0.288. The van der Waals surface area contributed by atoms with Crippen LogP contribution in [0, 0.1) is 0 Å². The maximum absolute atomic E-state index is 5.87. The van der Waals surface area contributed by atoms with E-state index in [4.69, 9.17) is 4.74 Å². The molecule has 2 aliphatic rings. The lowest BCUT2D eigenvalue weighted by atomic mass is 10.2. The number of aromatic nitrogens is 2. The predicted molar refractivity (Wildman–Crippen MR) is 59.3 cm³/mol. The largest absolute Gasteiger partial charge is 0.486 e. The molecule has 1 aromatic rings. The van der Waals surface area contributed by atoms with Crippen molar-refractivity contribution in [2.45, 2.75) is 18.6 Å². The van der Waals surface area contributed by atoms with E-state index in [1.807, 2.05) is 0 Å². The Labute approximate surface area is 94.8 Å². The highest BCUT2D eigenvalue weighted by Crippen LogP contribution is 2.22. The monoisotopic (exact) mass is 220 g/mol. The van der Waals surface area contributed by atoms with Crippen molar-refractivity contribution in [3.8, 4) is 5.75 Å². The van der Waals surface area contributed by atoms with E-state index in [0.717, 1.165) is 38.3 Å². The van der Waals surface area contributed by atoms with Gasteiger partial charge in [0.2, 0.25) is 0 Å². The van der Waals surface area contributed by atoms with Gasteiger partial charge in [-0.3, -0.25) is 4.90 Å². The van der Waals surface area contributed by atoms with Gasteiger partial charge in [-0.1, -0.05) is 0 Å². The molecular weight excluding hydrogens is 204 g/mol. The molecule has 0 saturated carbocycles. The Kier molecular flexibility index (Phi) is 2.71. The molecule has 0 aromatic carbocycles. The number of rotatable bonds is 2. The summed E-state index contributed by atoms with van der Waals surface area (Å²) in [6.45, 7) is 4.35. The highest BCUT2D eigenvalue weighted by Gasteiger charge is 2.34. The normalized spacial score (nSPS) is 30.0. The Balaban J connectivity index is 1.61. The first-order valence-electron chi connectivity index (χ1n) is 5.78. The molecule has 16 heavy (non-hydrogen) atoms. The van der Waals surface area contributed by atoms with E-state index in [9.17, 15) is 0 Å². The highest BCUT2D eigenvalue weighted by atomic mass is 16.5. The first-order valence-corrected chi connectivity index (χ1v) is 5.78. The molecule has 0 radical (unpaired) electrons. The van der Waals surface area contributed by atoms with Crippen LogP contribution >= 0.6 is 0 Å². The van der Waals surface area contributed by atoms with Crippen LogP contribution < -0.4 is 10.1 Å². The van der Waals surface area contributed by atoms with Crippen LogP contribution in [0.3, 0.4) is 0 Å². The van der Waals surface area contributed by atoms with E-state index >= 15 is 0 Å². The third-order valence-corrected chi connectivity index (χ3v) is 3.28. The Hall–Kier alpha value is -1.20. The minimum Gasteiger partial charge on any atom is -0.486 e. The maximum atomic E-state index is 5.87. The molecule has 0 bridgehead atoms. The van der Waals surface area contributed by atoms with E-state index in [1.165, 1.54) is 6.33 Å². The topological polar surface area (TPSA) is 50.3 Å². The van der Waals surface area contributed by atoms with Gasteiger partial charge in [-0.25, -0.2) is 9.97 Å². The summed E-state index contributed by atoms with van der Waals surface area (Å²) in [5.74, 6) is 0.778. The average molecular weight is 220 g/mol. The van der Waals surface area contributed by atoms with Crippen LogP contribution in [0.5, 0.6) is 5.75 Å². The lowest BCUT2D eigenvalue weighted by Gasteiger charge is -2.29. The quantitative estimate of drug-likeness (QED) is 0.754. The molecule has 2 saturated heterocycles. The Morgan fingerprint density at radius 2 is 2.25 bits per heavy atom. The Bertz CT molecular complexity index is 331. The molecule has 0 spiro atoms. The number of ether oxygens (including phenoxy) is 1. The van der Waals surface area contributed by atoms with Crippen molar-refractivity contribution < 1.29 is 4.74 Å². The van der Waals surface area contributed by atoms with Crippen molar-refractivity contribution in [2.24, 2.45) is 0 Å². The van der Waals surface area contributed by atoms with E-state index in [1.54, 1.807) is 12.4 Å². The summed E-state index contributed by atoms with van der Waals surface area (Å²) >= 11 is 0. The molecule has 0 amide bonds. The summed E-state index contributed by atoms with van der Waals surface area (Å²) in [4.78, 5) is 10.4. The van der Waals surface area contributed by atoms with Gasteiger partial charge in [0.1, 0.15) is 12.4 Å². The van der Waals surface area contributed by atoms with Gasteiger partial charge in [0.15, 0.2) is 5.75 Å². The molecule has 3 rings (SSSR count). The third-order valence-electron chi connectivity index (χ3n) is 3.28. The Morgan fingerprint density at radius 3 is 3.06 bits per heavy atom. The van der Waals surface area contributed by atoms with Crippen LogP contribution in [0.2, 0.25) is 0 Å². The number of nitrogens with one attached hydrogen (secondary N) is 1. The molecule has 2 aliphatic heterocycles. The van der Waals surface area contributed by atoms with Crippen molar-refractivity contribution in [2.75, 3.05) is 26.2 Å². The Morgan fingerprint density at radius 1 is 1.38 bits per heavy atom. The van der Waals surface area contributed by atoms with E-state index in [2.05, 4.69) is 20.2 Å². The molecule has 86 valence electrons. The van der Waals surface area contributed by atoms with Gasteiger partial charge in [-0.15, -0.1) is 0 Å². The molecule has 1 N–H and O–H groups in total. The third kappa shape index (κ3) is 2.01. The van der Waals surface area contributed by atoms with Gasteiger partial charge in [0.05, 0.1) is 12.4 Å². The zero-order valence-corrected chi connectivity index (χ0v) is 9.17. The minimum atomic E-state index is 0.288. The highest BCUT2D eigenvalue weighted by molar-refractivity contribution is 5.11. The predicted octanol–water partition coefficient (Wildman–Crippen LogP) is -0.0985. The lowest BCUT2D eigenvalue weighted by Crippen LogP contribution is -2.47. The fourth-order valence-corrected chi connectivity index (χ4v) is 2.54. The number of piperazine rings is 1. The zero-order valence-electron chi connectivity index (χ0n) is 9.17. The van der Waals surface area contributed by atoms with Gasteiger partial charge in [0, 0.05) is 38.6 Å². The number of nitrogens with zero attached hydrogens (tertiary/aromatic N) is 3. The van der Waals surface area contributed by atoms with Crippen LogP contribution in [-0.4, -0.2) is 53.2 Å². The number of fused-ring (bicyclic) bond motifs is 1. The summed E-state index contributed by atoms with van der Waals surface area (Å²) in [6, 6.07) is 0.642. The van der Waals surface area contributed by atoms with Crippen molar-refractivity contribution in [1.82, 2.24) is 20.2 Å². The molecule has 3 heterocycles. The van der Waals surface area contributed by atoms with Gasteiger partial charge < -0.3 is 10.1 Å². The first-order chi connectivity index (χ1) is 7.92. The average Bonchev–Trinajstić information content (AvgIpc) is 2.72. The van der Waals surface area contributed by atoms with Crippen molar-refractivity contribution >= 4 is 0 Å². The lowest BCUT2D eigenvalue weighted by molar-refractivity contribution is 0.186. The van der Waals surface area contributed by atoms with Crippen LogP contribution in [0.25, 0.3) is 0 Å². The van der Waals surface area contributed by atoms with E-state index < -0.39 is 0 Å². The summed E-state index contributed by atoms with van der Waals surface area (Å²) in [7, 11) is 0. The van der Waals surface area contributed by atoms with Crippen LogP contribution in [0.15, 0.2) is 18.7 Å². The number of hydrogen-bond donors (Lipinski definition) is 1.